The summed E-state index contributed by atoms with van der Waals surface area (Å²) in [6, 6.07) is -0.113. The number of aliphatic hydroxyl groups excluding tert-OH is 1. The molecule has 1 saturated carbocycles. The minimum Gasteiger partial charge on any atom is -0.479 e. The third kappa shape index (κ3) is 4.18. The summed E-state index contributed by atoms with van der Waals surface area (Å²) in [6.07, 6.45) is 2.63. The molecule has 0 aromatic heterocycles. The topological polar surface area (TPSA) is 89.9 Å². The number of nitrogens with one attached hydrogen (secondary N) is 1. The van der Waals surface area contributed by atoms with E-state index in [-0.39, 0.29) is 18.6 Å². The van der Waals surface area contributed by atoms with Crippen LogP contribution in [0.4, 0.5) is 4.79 Å². The number of rotatable bonds is 4. The first-order valence-corrected chi connectivity index (χ1v) is 6.33. The molecule has 1 atom stereocenters. The molecule has 0 spiro atoms. The number of hydrogen-bond acceptors (Lipinski definition) is 3. The number of carboxylic acid groups (broad SMARTS) is 1. The number of aliphatic hydroxyl groups is 1. The first-order valence-electron chi connectivity index (χ1n) is 6.33. The average Bonchev–Trinajstić information content (AvgIpc) is 2.35. The maximum absolute atomic E-state index is 11.8. The van der Waals surface area contributed by atoms with Gasteiger partial charge in [-0.15, -0.1) is 0 Å². The molecule has 0 aromatic carbocycles. The Kier molecular flexibility index (Phi) is 5.40. The van der Waals surface area contributed by atoms with Gasteiger partial charge in [-0.05, 0) is 31.6 Å². The Morgan fingerprint density at radius 2 is 1.89 bits per heavy atom. The van der Waals surface area contributed by atoms with E-state index in [9.17, 15) is 9.59 Å². The summed E-state index contributed by atoms with van der Waals surface area (Å²) in [5, 5.41) is 20.0. The Bertz CT molecular complexity index is 300. The maximum atomic E-state index is 11.8. The van der Waals surface area contributed by atoms with Crippen molar-refractivity contribution in [2.75, 3.05) is 13.6 Å². The molecule has 1 unspecified atom stereocenters. The third-order valence-corrected chi connectivity index (χ3v) is 3.59. The number of aliphatic carboxylic acids is 1. The molecule has 2 amide bonds. The van der Waals surface area contributed by atoms with E-state index >= 15 is 0 Å². The van der Waals surface area contributed by atoms with Gasteiger partial charge in [-0.2, -0.15) is 0 Å². The molecule has 1 aliphatic carbocycles. The fourth-order valence-corrected chi connectivity index (χ4v) is 2.19. The SMILES string of the molecule is CC1CCC(N(C)C(=O)NCC(O)C(=O)O)CC1. The Labute approximate surface area is 107 Å². The highest BCUT2D eigenvalue weighted by Gasteiger charge is 2.25. The molecular weight excluding hydrogens is 236 g/mol. The Morgan fingerprint density at radius 1 is 1.33 bits per heavy atom. The monoisotopic (exact) mass is 258 g/mol. The maximum Gasteiger partial charge on any atom is 0.334 e. The number of amides is 2. The molecule has 6 nitrogen and oxygen atoms in total. The van der Waals surface area contributed by atoms with Crippen LogP contribution >= 0.6 is 0 Å². The second-order valence-electron chi connectivity index (χ2n) is 5.06. The Balaban J connectivity index is 2.35. The van der Waals surface area contributed by atoms with Gasteiger partial charge in [0.1, 0.15) is 0 Å². The fourth-order valence-electron chi connectivity index (χ4n) is 2.19. The normalized spacial score (nSPS) is 25.3. The lowest BCUT2D eigenvalue weighted by Gasteiger charge is -2.33. The van der Waals surface area contributed by atoms with E-state index in [1.165, 1.54) is 0 Å². The molecule has 6 heteroatoms. The number of carboxylic acids is 1. The summed E-state index contributed by atoms with van der Waals surface area (Å²) in [5.41, 5.74) is 0. The average molecular weight is 258 g/mol. The van der Waals surface area contributed by atoms with Gasteiger partial charge < -0.3 is 20.4 Å². The molecule has 1 rings (SSSR count). The van der Waals surface area contributed by atoms with E-state index in [0.717, 1.165) is 25.7 Å². The quantitative estimate of drug-likeness (QED) is 0.690. The lowest BCUT2D eigenvalue weighted by molar-refractivity contribution is -0.146. The molecule has 18 heavy (non-hydrogen) atoms. The zero-order valence-corrected chi connectivity index (χ0v) is 10.9. The second-order valence-corrected chi connectivity index (χ2v) is 5.06. The van der Waals surface area contributed by atoms with Crippen LogP contribution in [0, 0.1) is 5.92 Å². The fraction of sp³-hybridized carbons (Fsp3) is 0.833. The zero-order chi connectivity index (χ0) is 13.7. The highest BCUT2D eigenvalue weighted by molar-refractivity contribution is 5.76. The predicted octanol–water partition coefficient (Wildman–Crippen LogP) is 0.652. The lowest BCUT2D eigenvalue weighted by Crippen LogP contribution is -2.47. The van der Waals surface area contributed by atoms with Crippen LogP contribution in [0.5, 0.6) is 0 Å². The molecule has 104 valence electrons. The van der Waals surface area contributed by atoms with Gasteiger partial charge in [0.15, 0.2) is 6.10 Å². The molecule has 0 aliphatic heterocycles. The molecular formula is C12H22N2O4. The van der Waals surface area contributed by atoms with E-state index < -0.39 is 12.1 Å². The van der Waals surface area contributed by atoms with Crippen LogP contribution in [0.25, 0.3) is 0 Å². The van der Waals surface area contributed by atoms with Crippen molar-refractivity contribution in [2.24, 2.45) is 5.92 Å². The molecule has 1 fully saturated rings. The number of carbonyl (C=O) groups excluding carboxylic acids is 1. The minimum absolute atomic E-state index is 0.211. The van der Waals surface area contributed by atoms with Gasteiger partial charge in [-0.3, -0.25) is 0 Å². The largest absolute Gasteiger partial charge is 0.479 e. The van der Waals surface area contributed by atoms with Crippen LogP contribution in [0.2, 0.25) is 0 Å². The van der Waals surface area contributed by atoms with Crippen molar-refractivity contribution in [3.63, 3.8) is 0 Å². The van der Waals surface area contributed by atoms with Crippen molar-refractivity contribution in [2.45, 2.75) is 44.8 Å². The van der Waals surface area contributed by atoms with Crippen molar-refractivity contribution in [1.82, 2.24) is 10.2 Å². The highest BCUT2D eigenvalue weighted by atomic mass is 16.4. The first-order chi connectivity index (χ1) is 8.41. The second kappa shape index (κ2) is 6.58. The summed E-state index contributed by atoms with van der Waals surface area (Å²) in [7, 11) is 1.71. The van der Waals surface area contributed by atoms with E-state index in [2.05, 4.69) is 12.2 Å². The predicted molar refractivity (Wildman–Crippen MR) is 66.2 cm³/mol. The van der Waals surface area contributed by atoms with Crippen LogP contribution in [0.3, 0.4) is 0 Å². The van der Waals surface area contributed by atoms with Crippen LogP contribution in [-0.4, -0.2) is 52.9 Å². The molecule has 0 heterocycles. The molecule has 0 bridgehead atoms. The van der Waals surface area contributed by atoms with Crippen LogP contribution in [0.15, 0.2) is 0 Å². The van der Waals surface area contributed by atoms with E-state index in [1.807, 2.05) is 0 Å². The molecule has 0 saturated heterocycles. The van der Waals surface area contributed by atoms with Crippen molar-refractivity contribution in [3.05, 3.63) is 0 Å². The van der Waals surface area contributed by atoms with Gasteiger partial charge in [0.25, 0.3) is 0 Å². The highest BCUT2D eigenvalue weighted by Crippen LogP contribution is 2.26. The Hall–Kier alpha value is -1.30. The van der Waals surface area contributed by atoms with Crippen LogP contribution in [0.1, 0.15) is 32.6 Å². The number of nitrogens with zero attached hydrogens (tertiary/aromatic N) is 1. The van der Waals surface area contributed by atoms with Gasteiger partial charge in [0.05, 0.1) is 6.54 Å². The summed E-state index contributed by atoms with van der Waals surface area (Å²) < 4.78 is 0. The van der Waals surface area contributed by atoms with Crippen LogP contribution in [-0.2, 0) is 4.79 Å². The van der Waals surface area contributed by atoms with E-state index in [0.29, 0.717) is 5.92 Å². The standard InChI is InChI=1S/C12H22N2O4/c1-8-3-5-9(6-4-8)14(2)12(18)13-7-10(15)11(16)17/h8-10,15H,3-7H2,1-2H3,(H,13,18)(H,16,17). The van der Waals surface area contributed by atoms with Crippen molar-refractivity contribution < 1.29 is 19.8 Å². The zero-order valence-electron chi connectivity index (χ0n) is 10.9. The number of urea groups is 1. The Morgan fingerprint density at radius 3 is 2.39 bits per heavy atom. The van der Waals surface area contributed by atoms with Gasteiger partial charge >= 0.3 is 12.0 Å². The molecule has 0 radical (unpaired) electrons. The number of hydrogen-bond donors (Lipinski definition) is 3. The van der Waals surface area contributed by atoms with Gasteiger partial charge in [-0.25, -0.2) is 9.59 Å². The first kappa shape index (κ1) is 14.8. The van der Waals surface area contributed by atoms with Gasteiger partial charge in [0, 0.05) is 13.1 Å². The van der Waals surface area contributed by atoms with Gasteiger partial charge in [-0.1, -0.05) is 6.92 Å². The molecule has 0 aromatic rings. The van der Waals surface area contributed by atoms with Gasteiger partial charge in [0.2, 0.25) is 0 Å². The number of carbonyl (C=O) groups is 2. The minimum atomic E-state index is -1.55. The van der Waals surface area contributed by atoms with Crippen molar-refractivity contribution >= 4 is 12.0 Å². The summed E-state index contributed by atoms with van der Waals surface area (Å²) in [5.74, 6) is -0.615. The van der Waals surface area contributed by atoms with E-state index in [1.54, 1.807) is 11.9 Å². The molecule has 1 aliphatic rings. The smallest absolute Gasteiger partial charge is 0.334 e. The van der Waals surface area contributed by atoms with Crippen molar-refractivity contribution in [3.8, 4) is 0 Å². The van der Waals surface area contributed by atoms with Crippen molar-refractivity contribution in [1.29, 1.82) is 0 Å². The summed E-state index contributed by atoms with van der Waals surface area (Å²) in [4.78, 5) is 23.8. The molecule has 3 N–H and O–H groups in total. The third-order valence-electron chi connectivity index (χ3n) is 3.59. The van der Waals surface area contributed by atoms with Crippen LogP contribution < -0.4 is 5.32 Å². The summed E-state index contributed by atoms with van der Waals surface area (Å²) in [6.45, 7) is 1.95. The summed E-state index contributed by atoms with van der Waals surface area (Å²) >= 11 is 0. The lowest BCUT2D eigenvalue weighted by atomic mass is 9.87. The van der Waals surface area contributed by atoms with E-state index in [4.69, 9.17) is 10.2 Å².